The first kappa shape index (κ1) is 16.8. The minimum absolute atomic E-state index is 0. The Balaban J connectivity index is -0.0000000275. The van der Waals surface area contributed by atoms with Gasteiger partial charge in [-0.15, -0.1) is 0 Å². The zero-order valence-corrected chi connectivity index (χ0v) is 6.02. The predicted octanol–water partition coefficient (Wildman–Crippen LogP) is -0.257. The molecule has 0 aliphatic carbocycles. The van der Waals surface area contributed by atoms with E-state index in [0.29, 0.717) is 6.29 Å². The van der Waals surface area contributed by atoms with E-state index < -0.39 is 0 Å². The summed E-state index contributed by atoms with van der Waals surface area (Å²) in [5.41, 5.74) is 0. The van der Waals surface area contributed by atoms with Crippen LogP contribution in [0, 0.1) is 6.92 Å². The summed E-state index contributed by atoms with van der Waals surface area (Å²) in [6, 6.07) is 0. The van der Waals surface area contributed by atoms with Crippen molar-refractivity contribution in [2.75, 3.05) is 0 Å². The Morgan fingerprint density at radius 2 is 1.50 bits per heavy atom. The van der Waals surface area contributed by atoms with Gasteiger partial charge in [-0.25, -0.2) is 0 Å². The number of rotatable bonds is 0. The van der Waals surface area contributed by atoms with Crippen molar-refractivity contribution in [1.29, 1.82) is 0 Å². The van der Waals surface area contributed by atoms with Crippen molar-refractivity contribution in [3.05, 3.63) is 6.92 Å². The van der Waals surface area contributed by atoms with Crippen molar-refractivity contribution >= 4 is 13.1 Å². The molecule has 3 heteroatoms. The summed E-state index contributed by atoms with van der Waals surface area (Å²) in [7, 11) is 0. The predicted molar refractivity (Wildman–Crippen MR) is 18.2 cm³/mol. The summed E-state index contributed by atoms with van der Waals surface area (Å²) in [6.45, 7) is 6.06. The van der Waals surface area contributed by atoms with E-state index in [1.165, 1.54) is 0 Å². The zero-order chi connectivity index (χ0) is 4.71. The standard InChI is InChI=1S/C2H3O.CHO.W/c1-2-3;1-2;/h2H,1H2;1H;/q2*-1;+2. The topological polar surface area (TPSA) is 34.1 Å². The van der Waals surface area contributed by atoms with E-state index in [-0.39, 0.29) is 21.1 Å². The minimum Gasteiger partial charge on any atom is -0.545 e. The molecule has 0 bridgehead atoms. The van der Waals surface area contributed by atoms with E-state index in [1.54, 1.807) is 0 Å². The fraction of sp³-hybridized carbons (Fsp3) is 0. The molecule has 0 atom stereocenters. The molecule has 0 saturated carbocycles. The molecular weight excluding hydrogens is 252 g/mol. The van der Waals surface area contributed by atoms with E-state index in [0.717, 1.165) is 0 Å². The van der Waals surface area contributed by atoms with Crippen LogP contribution in [-0.2, 0) is 30.7 Å². The number of aldehydes is 1. The maximum absolute atomic E-state index is 8.69. The van der Waals surface area contributed by atoms with Crippen LogP contribution in [0.2, 0.25) is 0 Å². The van der Waals surface area contributed by atoms with Crippen molar-refractivity contribution in [3.8, 4) is 0 Å². The Morgan fingerprint density at radius 3 is 1.50 bits per heavy atom. The molecule has 0 unspecified atom stereocenters. The molecule has 0 N–H and O–H groups in total. The maximum atomic E-state index is 8.69. The van der Waals surface area contributed by atoms with Gasteiger partial charge in [0.05, 0.1) is 0 Å². The van der Waals surface area contributed by atoms with Crippen molar-refractivity contribution < 1.29 is 30.7 Å². The van der Waals surface area contributed by atoms with Crippen LogP contribution in [0.1, 0.15) is 0 Å². The molecule has 0 heterocycles. The molecule has 0 aliphatic rings. The summed E-state index contributed by atoms with van der Waals surface area (Å²) in [5.74, 6) is 0. The van der Waals surface area contributed by atoms with Crippen LogP contribution in [0.4, 0.5) is 0 Å². The first-order valence-electron chi connectivity index (χ1n) is 0.880. The van der Waals surface area contributed by atoms with Gasteiger partial charge in [-0.2, -0.15) is 0 Å². The van der Waals surface area contributed by atoms with Crippen molar-refractivity contribution in [1.82, 2.24) is 0 Å². The molecule has 0 spiro atoms. The average molecular weight is 256 g/mol. The molecule has 0 saturated heterocycles. The number of carbonyl (C=O) groups is 1. The molecule has 0 rings (SSSR count). The number of hydrogen-bond acceptors (Lipinski definition) is 2. The van der Waals surface area contributed by atoms with Crippen molar-refractivity contribution in [2.45, 2.75) is 0 Å². The van der Waals surface area contributed by atoms with Crippen LogP contribution < -0.4 is 0 Å². The molecule has 0 aromatic heterocycles. The van der Waals surface area contributed by atoms with E-state index in [9.17, 15) is 0 Å². The van der Waals surface area contributed by atoms with E-state index in [1.807, 2.05) is 0 Å². The first-order chi connectivity index (χ1) is 2.41. The van der Waals surface area contributed by atoms with Gasteiger partial charge in [0.1, 0.15) is 0 Å². The van der Waals surface area contributed by atoms with Gasteiger partial charge in [-0.3, -0.25) is 6.79 Å². The van der Waals surface area contributed by atoms with Crippen LogP contribution in [0.25, 0.3) is 0 Å². The molecule has 6 heavy (non-hydrogen) atoms. The van der Waals surface area contributed by atoms with Gasteiger partial charge < -0.3 is 16.5 Å². The Labute approximate surface area is 51.2 Å². The summed E-state index contributed by atoms with van der Waals surface area (Å²) < 4.78 is 0. The number of carbonyl (C=O) groups excluding carboxylic acids is 2. The second kappa shape index (κ2) is 92.2. The molecule has 0 amide bonds. The third-order valence-electron chi connectivity index (χ3n) is 0. The van der Waals surface area contributed by atoms with E-state index in [4.69, 9.17) is 9.59 Å². The van der Waals surface area contributed by atoms with Crippen molar-refractivity contribution in [2.24, 2.45) is 0 Å². The second-order valence-corrected chi connectivity index (χ2v) is 0.167. The Kier molecular flexibility index (Phi) is 259. The van der Waals surface area contributed by atoms with Crippen LogP contribution >= 0.6 is 0 Å². The minimum atomic E-state index is 0. The van der Waals surface area contributed by atoms with Crippen LogP contribution in [-0.4, -0.2) is 13.1 Å². The van der Waals surface area contributed by atoms with Crippen LogP contribution in [0.15, 0.2) is 0 Å². The maximum Gasteiger partial charge on any atom is 2.00 e. The summed E-state index contributed by atoms with van der Waals surface area (Å²) in [4.78, 5) is 16.4. The molecule has 2 nitrogen and oxygen atoms in total. The summed E-state index contributed by atoms with van der Waals surface area (Å²) >= 11 is 0. The number of hydrogen-bond donors (Lipinski definition) is 0. The van der Waals surface area contributed by atoms with E-state index >= 15 is 0 Å². The quantitative estimate of drug-likeness (QED) is 0.442. The fourth-order valence-electron chi connectivity index (χ4n) is 0. The fourth-order valence-corrected chi connectivity index (χ4v) is 0. The van der Waals surface area contributed by atoms with Crippen LogP contribution in [0.5, 0.6) is 0 Å². The molecule has 0 aliphatic heterocycles. The third kappa shape index (κ3) is 3170. The Bertz CT molecular complexity index is 22.8. The Morgan fingerprint density at radius 1 is 1.50 bits per heavy atom. The molecular formula is C3H4O2W. The van der Waals surface area contributed by atoms with Crippen LogP contribution in [0.3, 0.4) is 0 Å². The smallest absolute Gasteiger partial charge is 0.545 e. The normalized spacial score (nSPS) is 2.67. The molecule has 0 radical (unpaired) electrons. The van der Waals surface area contributed by atoms with Gasteiger partial charge in [0.2, 0.25) is 0 Å². The first-order valence-corrected chi connectivity index (χ1v) is 0.880. The molecule has 0 fully saturated rings. The third-order valence-corrected chi connectivity index (χ3v) is 0. The monoisotopic (exact) mass is 256 g/mol. The SMILES string of the molecule is [CH-]=O.[CH2-]C=O.[W+2]. The average Bonchev–Trinajstić information content (AvgIpc) is 1.46. The van der Waals surface area contributed by atoms with Gasteiger partial charge in [0.25, 0.3) is 0 Å². The molecule has 0 aromatic rings. The van der Waals surface area contributed by atoms with Gasteiger partial charge in [-0.1, -0.05) is 0 Å². The molecule has 34 valence electrons. The summed E-state index contributed by atoms with van der Waals surface area (Å²) in [6.07, 6.45) is 0.500. The van der Waals surface area contributed by atoms with Gasteiger partial charge in [0.15, 0.2) is 0 Å². The second-order valence-electron chi connectivity index (χ2n) is 0.167. The van der Waals surface area contributed by atoms with Gasteiger partial charge in [-0.05, 0) is 6.29 Å². The van der Waals surface area contributed by atoms with Gasteiger partial charge in [0, 0.05) is 0 Å². The Hall–Kier alpha value is -0.102. The van der Waals surface area contributed by atoms with Gasteiger partial charge >= 0.3 is 21.1 Å². The summed E-state index contributed by atoms with van der Waals surface area (Å²) in [5, 5.41) is 0. The zero-order valence-electron chi connectivity index (χ0n) is 3.09. The largest absolute Gasteiger partial charge is 2.00 e. The van der Waals surface area contributed by atoms with E-state index in [2.05, 4.69) is 13.7 Å². The molecule has 0 aromatic carbocycles. The van der Waals surface area contributed by atoms with Crippen molar-refractivity contribution in [3.63, 3.8) is 0 Å².